The van der Waals surface area contributed by atoms with Crippen LogP contribution in [0.5, 0.6) is 5.75 Å². The van der Waals surface area contributed by atoms with Crippen LogP contribution in [0.25, 0.3) is 0 Å². The summed E-state index contributed by atoms with van der Waals surface area (Å²) in [6, 6.07) is 13.6. The summed E-state index contributed by atoms with van der Waals surface area (Å²) < 4.78 is 0. The monoisotopic (exact) mass is 299 g/mol. The molecule has 110 valence electrons. The molecule has 0 saturated heterocycles. The van der Waals surface area contributed by atoms with Crippen molar-refractivity contribution >= 4 is 22.9 Å². The first-order chi connectivity index (χ1) is 9.77. The van der Waals surface area contributed by atoms with Crippen molar-refractivity contribution in [3.63, 3.8) is 0 Å². The van der Waals surface area contributed by atoms with Gasteiger partial charge < -0.3 is 10.4 Å². The van der Waals surface area contributed by atoms with Gasteiger partial charge >= 0.3 is 0 Å². The molecular formula is C18H21NOS. The third kappa shape index (κ3) is 3.82. The largest absolute Gasteiger partial charge is 0.507 e. The van der Waals surface area contributed by atoms with Gasteiger partial charge in [0.25, 0.3) is 0 Å². The summed E-state index contributed by atoms with van der Waals surface area (Å²) in [4.78, 5) is 0.532. The molecule has 3 heteroatoms. The predicted octanol–water partition coefficient (Wildman–Crippen LogP) is 4.79. The van der Waals surface area contributed by atoms with Gasteiger partial charge in [-0.2, -0.15) is 0 Å². The van der Waals surface area contributed by atoms with Crippen molar-refractivity contribution in [2.45, 2.75) is 33.1 Å². The number of anilines is 1. The standard InChI is InChI=1S/C18H21NOS/c1-12-6-5-7-14(10-12)19-17(21)15-11-13(18(2,3)4)8-9-16(15)20/h5-11,20H,1-4H3,(H,19,21). The second-order valence-corrected chi connectivity index (χ2v) is 6.71. The van der Waals surface area contributed by atoms with Crippen molar-refractivity contribution in [1.82, 2.24) is 0 Å². The van der Waals surface area contributed by atoms with Crippen LogP contribution in [0.2, 0.25) is 0 Å². The first-order valence-electron chi connectivity index (χ1n) is 6.99. The molecule has 0 fully saturated rings. The third-order valence-corrected chi connectivity index (χ3v) is 3.71. The summed E-state index contributed by atoms with van der Waals surface area (Å²) in [5, 5.41) is 13.3. The van der Waals surface area contributed by atoms with E-state index in [4.69, 9.17) is 12.2 Å². The maximum absolute atomic E-state index is 10.1. The van der Waals surface area contributed by atoms with Gasteiger partial charge in [-0.25, -0.2) is 0 Å². The Bertz CT molecular complexity index is 671. The highest BCUT2D eigenvalue weighted by molar-refractivity contribution is 7.81. The van der Waals surface area contributed by atoms with E-state index in [0.717, 1.165) is 16.8 Å². The van der Waals surface area contributed by atoms with Crippen LogP contribution < -0.4 is 5.32 Å². The Labute approximate surface area is 131 Å². The Morgan fingerprint density at radius 1 is 1.10 bits per heavy atom. The Morgan fingerprint density at radius 3 is 2.43 bits per heavy atom. The minimum atomic E-state index is 0.0153. The molecule has 0 bridgehead atoms. The number of hydrogen-bond donors (Lipinski definition) is 2. The Hall–Kier alpha value is -1.87. The summed E-state index contributed by atoms with van der Waals surface area (Å²) in [7, 11) is 0. The first kappa shape index (κ1) is 15.5. The van der Waals surface area contributed by atoms with E-state index >= 15 is 0 Å². The Kier molecular flexibility index (Phi) is 4.33. The third-order valence-electron chi connectivity index (χ3n) is 3.38. The highest BCUT2D eigenvalue weighted by Crippen LogP contribution is 2.28. The summed E-state index contributed by atoms with van der Waals surface area (Å²) >= 11 is 5.44. The number of rotatable bonds is 2. The van der Waals surface area contributed by atoms with E-state index in [0.29, 0.717) is 10.6 Å². The molecule has 0 heterocycles. The van der Waals surface area contributed by atoms with Gasteiger partial charge in [-0.05, 0) is 47.7 Å². The minimum absolute atomic E-state index is 0.0153. The number of aryl methyl sites for hydroxylation is 1. The van der Waals surface area contributed by atoms with Crippen LogP contribution >= 0.6 is 12.2 Å². The van der Waals surface area contributed by atoms with Gasteiger partial charge in [0, 0.05) is 5.69 Å². The number of aromatic hydroxyl groups is 1. The summed E-state index contributed by atoms with van der Waals surface area (Å²) in [6.45, 7) is 8.45. The molecule has 21 heavy (non-hydrogen) atoms. The molecule has 2 nitrogen and oxygen atoms in total. The summed E-state index contributed by atoms with van der Waals surface area (Å²) in [5.74, 6) is 0.202. The fraction of sp³-hybridized carbons (Fsp3) is 0.278. The van der Waals surface area contributed by atoms with Crippen LogP contribution in [-0.4, -0.2) is 10.1 Å². The molecule has 0 radical (unpaired) electrons. The zero-order chi connectivity index (χ0) is 15.6. The molecule has 2 aromatic carbocycles. The molecule has 0 spiro atoms. The van der Waals surface area contributed by atoms with Crippen LogP contribution in [0.1, 0.15) is 37.5 Å². The van der Waals surface area contributed by atoms with E-state index in [-0.39, 0.29) is 11.2 Å². The van der Waals surface area contributed by atoms with Crippen molar-refractivity contribution < 1.29 is 5.11 Å². The molecule has 0 amide bonds. The lowest BCUT2D eigenvalue weighted by molar-refractivity contribution is 0.473. The predicted molar refractivity (Wildman–Crippen MR) is 93.3 cm³/mol. The van der Waals surface area contributed by atoms with E-state index in [1.54, 1.807) is 6.07 Å². The van der Waals surface area contributed by atoms with Gasteiger partial charge in [-0.15, -0.1) is 0 Å². The lowest BCUT2D eigenvalue weighted by Crippen LogP contribution is -2.15. The minimum Gasteiger partial charge on any atom is -0.507 e. The van der Waals surface area contributed by atoms with Crippen molar-refractivity contribution in [2.24, 2.45) is 0 Å². The number of nitrogens with one attached hydrogen (secondary N) is 1. The SMILES string of the molecule is Cc1cccc(NC(=S)c2cc(C(C)(C)C)ccc2O)c1. The molecule has 0 aromatic heterocycles. The molecule has 2 aromatic rings. The Morgan fingerprint density at radius 2 is 1.81 bits per heavy atom. The van der Waals surface area contributed by atoms with Crippen LogP contribution in [0.4, 0.5) is 5.69 Å². The number of thiocarbonyl (C=S) groups is 1. The van der Waals surface area contributed by atoms with E-state index in [9.17, 15) is 5.11 Å². The number of phenolic OH excluding ortho intramolecular Hbond substituents is 1. The van der Waals surface area contributed by atoms with E-state index in [2.05, 4.69) is 26.1 Å². The molecule has 0 aliphatic rings. The smallest absolute Gasteiger partial charge is 0.125 e. The number of hydrogen-bond acceptors (Lipinski definition) is 2. The van der Waals surface area contributed by atoms with E-state index < -0.39 is 0 Å². The van der Waals surface area contributed by atoms with Crippen molar-refractivity contribution in [1.29, 1.82) is 0 Å². The molecule has 2 rings (SSSR count). The molecule has 0 unspecified atom stereocenters. The second kappa shape index (κ2) is 5.86. The number of phenols is 1. The molecule has 2 N–H and O–H groups in total. The van der Waals surface area contributed by atoms with Crippen molar-refractivity contribution in [3.05, 3.63) is 59.2 Å². The number of benzene rings is 2. The van der Waals surface area contributed by atoms with Crippen LogP contribution in [0.3, 0.4) is 0 Å². The zero-order valence-electron chi connectivity index (χ0n) is 12.9. The van der Waals surface area contributed by atoms with Crippen LogP contribution in [-0.2, 0) is 5.41 Å². The summed E-state index contributed by atoms with van der Waals surface area (Å²) in [6.07, 6.45) is 0. The molecule has 0 saturated carbocycles. The van der Waals surface area contributed by atoms with E-state index in [1.807, 2.05) is 43.3 Å². The van der Waals surface area contributed by atoms with Gasteiger partial charge in [0.05, 0.1) is 5.56 Å². The fourth-order valence-corrected chi connectivity index (χ4v) is 2.39. The average Bonchev–Trinajstić information content (AvgIpc) is 2.37. The lowest BCUT2D eigenvalue weighted by Gasteiger charge is -2.20. The summed E-state index contributed by atoms with van der Waals surface area (Å²) in [5.41, 5.74) is 3.92. The van der Waals surface area contributed by atoms with Gasteiger partial charge in [0.15, 0.2) is 0 Å². The zero-order valence-corrected chi connectivity index (χ0v) is 13.7. The molecule has 0 aliphatic heterocycles. The van der Waals surface area contributed by atoms with E-state index in [1.165, 1.54) is 0 Å². The topological polar surface area (TPSA) is 32.3 Å². The van der Waals surface area contributed by atoms with Gasteiger partial charge in [-0.1, -0.05) is 51.2 Å². The normalized spacial score (nSPS) is 11.2. The van der Waals surface area contributed by atoms with Crippen molar-refractivity contribution in [2.75, 3.05) is 5.32 Å². The molecule has 0 atom stereocenters. The van der Waals surface area contributed by atoms with Gasteiger partial charge in [0.1, 0.15) is 10.7 Å². The van der Waals surface area contributed by atoms with Crippen LogP contribution in [0.15, 0.2) is 42.5 Å². The maximum Gasteiger partial charge on any atom is 0.125 e. The quantitative estimate of drug-likeness (QED) is 0.782. The maximum atomic E-state index is 10.1. The highest BCUT2D eigenvalue weighted by atomic mass is 32.1. The lowest BCUT2D eigenvalue weighted by atomic mass is 9.86. The molecule has 0 aliphatic carbocycles. The fourth-order valence-electron chi connectivity index (χ4n) is 2.11. The van der Waals surface area contributed by atoms with Gasteiger partial charge in [0.2, 0.25) is 0 Å². The first-order valence-corrected chi connectivity index (χ1v) is 7.40. The highest BCUT2D eigenvalue weighted by Gasteiger charge is 2.17. The van der Waals surface area contributed by atoms with Gasteiger partial charge in [-0.3, -0.25) is 0 Å². The Balaban J connectivity index is 2.31. The van der Waals surface area contributed by atoms with Crippen molar-refractivity contribution in [3.8, 4) is 5.75 Å². The molecular weight excluding hydrogens is 278 g/mol. The average molecular weight is 299 g/mol. The second-order valence-electron chi connectivity index (χ2n) is 6.31. The van der Waals surface area contributed by atoms with Crippen LogP contribution in [0, 0.1) is 6.92 Å².